The van der Waals surface area contributed by atoms with Crippen LogP contribution < -0.4 is 5.32 Å². The van der Waals surface area contributed by atoms with Crippen molar-refractivity contribution in [2.24, 2.45) is 0 Å². The number of nitrogens with one attached hydrogen (secondary N) is 1. The fraction of sp³-hybridized carbons (Fsp3) is 0.474. The molecule has 1 fully saturated rings. The molecule has 3 rings (SSSR count). The number of likely N-dealkylation sites (tertiary alicyclic amines) is 1. The van der Waals surface area contributed by atoms with Crippen molar-refractivity contribution in [3.05, 3.63) is 42.2 Å². The predicted molar refractivity (Wildman–Crippen MR) is 93.2 cm³/mol. The summed E-state index contributed by atoms with van der Waals surface area (Å²) >= 11 is 0. The number of halogens is 1. The van der Waals surface area contributed by atoms with Gasteiger partial charge in [0.05, 0.1) is 18.3 Å². The van der Waals surface area contributed by atoms with Gasteiger partial charge in [-0.25, -0.2) is 9.37 Å². The lowest BCUT2D eigenvalue weighted by Crippen LogP contribution is -2.42. The quantitative estimate of drug-likeness (QED) is 0.872. The van der Waals surface area contributed by atoms with E-state index in [1.807, 2.05) is 6.92 Å². The van der Waals surface area contributed by atoms with Crippen LogP contribution in [-0.2, 0) is 11.3 Å². The Morgan fingerprint density at radius 3 is 3.04 bits per heavy atom. The maximum atomic E-state index is 13.9. The van der Waals surface area contributed by atoms with Gasteiger partial charge in [0.2, 0.25) is 11.8 Å². The molecule has 0 spiro atoms. The summed E-state index contributed by atoms with van der Waals surface area (Å²) < 4.78 is 19.6. The Morgan fingerprint density at radius 1 is 1.40 bits per heavy atom. The molecule has 6 heteroatoms. The van der Waals surface area contributed by atoms with Crippen molar-refractivity contribution in [2.45, 2.75) is 45.2 Å². The molecular weight excluding hydrogens is 321 g/mol. The van der Waals surface area contributed by atoms with Crippen LogP contribution in [0.4, 0.5) is 4.39 Å². The minimum absolute atomic E-state index is 0.0823. The molecular formula is C19H24FN3O2. The van der Waals surface area contributed by atoms with Gasteiger partial charge in [0.15, 0.2) is 5.76 Å². The first-order valence-corrected chi connectivity index (χ1v) is 8.87. The minimum atomic E-state index is -0.322. The van der Waals surface area contributed by atoms with Crippen molar-refractivity contribution in [2.75, 3.05) is 13.1 Å². The highest BCUT2D eigenvalue weighted by molar-refractivity contribution is 5.76. The van der Waals surface area contributed by atoms with Crippen molar-refractivity contribution in [1.29, 1.82) is 0 Å². The lowest BCUT2D eigenvalue weighted by molar-refractivity contribution is -0.122. The number of benzene rings is 1. The zero-order valence-corrected chi connectivity index (χ0v) is 14.5. The van der Waals surface area contributed by atoms with Gasteiger partial charge >= 0.3 is 0 Å². The lowest BCUT2D eigenvalue weighted by Gasteiger charge is -2.34. The molecule has 134 valence electrons. The molecule has 2 heterocycles. The average molecular weight is 345 g/mol. The van der Waals surface area contributed by atoms with Gasteiger partial charge < -0.3 is 9.73 Å². The number of amides is 1. The summed E-state index contributed by atoms with van der Waals surface area (Å²) in [5.41, 5.74) is 0.416. The predicted octanol–water partition coefficient (Wildman–Crippen LogP) is 3.36. The molecule has 0 radical (unpaired) electrons. The zero-order chi connectivity index (χ0) is 17.6. The summed E-state index contributed by atoms with van der Waals surface area (Å²) in [4.78, 5) is 18.5. The monoisotopic (exact) mass is 345 g/mol. The van der Waals surface area contributed by atoms with E-state index in [0.29, 0.717) is 36.7 Å². The third-order valence-corrected chi connectivity index (χ3v) is 4.58. The number of oxazole rings is 1. The SMILES string of the molecule is CCNC(=O)CC1CCCCN1Cc1ncc(-c2ccccc2F)o1. The molecule has 1 aromatic carbocycles. The van der Waals surface area contributed by atoms with E-state index in [2.05, 4.69) is 15.2 Å². The molecule has 1 atom stereocenters. The number of hydrogen-bond acceptors (Lipinski definition) is 4. The summed E-state index contributed by atoms with van der Waals surface area (Å²) in [6.07, 6.45) is 5.29. The molecule has 0 saturated carbocycles. The molecule has 1 saturated heterocycles. The number of carbonyl (C=O) groups is 1. The molecule has 2 aromatic rings. The Balaban J connectivity index is 1.68. The first-order valence-electron chi connectivity index (χ1n) is 8.87. The second kappa shape index (κ2) is 8.25. The fourth-order valence-corrected chi connectivity index (χ4v) is 3.33. The lowest BCUT2D eigenvalue weighted by atomic mass is 9.99. The molecule has 5 nitrogen and oxygen atoms in total. The molecule has 1 N–H and O–H groups in total. The first kappa shape index (κ1) is 17.6. The van der Waals surface area contributed by atoms with Crippen LogP contribution in [0.15, 0.2) is 34.9 Å². The third-order valence-electron chi connectivity index (χ3n) is 4.58. The maximum Gasteiger partial charge on any atom is 0.221 e. The number of carbonyl (C=O) groups excluding carboxylic acids is 1. The van der Waals surface area contributed by atoms with Crippen molar-refractivity contribution < 1.29 is 13.6 Å². The minimum Gasteiger partial charge on any atom is -0.439 e. The summed E-state index contributed by atoms with van der Waals surface area (Å²) in [6.45, 7) is 4.03. The summed E-state index contributed by atoms with van der Waals surface area (Å²) in [6, 6.07) is 6.70. The number of hydrogen-bond donors (Lipinski definition) is 1. The van der Waals surface area contributed by atoms with Crippen LogP contribution >= 0.6 is 0 Å². The van der Waals surface area contributed by atoms with Gasteiger partial charge in [-0.1, -0.05) is 18.6 Å². The van der Waals surface area contributed by atoms with Gasteiger partial charge in [0.1, 0.15) is 5.82 Å². The molecule has 25 heavy (non-hydrogen) atoms. The van der Waals surface area contributed by atoms with Crippen molar-refractivity contribution in [3.8, 4) is 11.3 Å². The van der Waals surface area contributed by atoms with E-state index in [-0.39, 0.29) is 17.8 Å². The molecule has 1 unspecified atom stereocenters. The van der Waals surface area contributed by atoms with Gasteiger partial charge in [0, 0.05) is 19.0 Å². The number of piperidine rings is 1. The maximum absolute atomic E-state index is 13.9. The highest BCUT2D eigenvalue weighted by atomic mass is 19.1. The number of nitrogens with zero attached hydrogens (tertiary/aromatic N) is 2. The van der Waals surface area contributed by atoms with Gasteiger partial charge in [-0.05, 0) is 38.4 Å². The Bertz CT molecular complexity index is 716. The molecule has 1 aliphatic rings. The summed E-state index contributed by atoms with van der Waals surface area (Å²) in [5.74, 6) is 0.752. The highest BCUT2D eigenvalue weighted by Crippen LogP contribution is 2.26. The Kier molecular flexibility index (Phi) is 5.81. The van der Waals surface area contributed by atoms with Gasteiger partial charge in [-0.15, -0.1) is 0 Å². The molecule has 0 bridgehead atoms. The van der Waals surface area contributed by atoms with Crippen LogP contribution in [0.1, 0.15) is 38.5 Å². The van der Waals surface area contributed by atoms with Crippen LogP contribution in [0.2, 0.25) is 0 Å². The number of aromatic nitrogens is 1. The largest absolute Gasteiger partial charge is 0.439 e. The van der Waals surface area contributed by atoms with Crippen molar-refractivity contribution in [3.63, 3.8) is 0 Å². The van der Waals surface area contributed by atoms with E-state index in [1.165, 1.54) is 6.07 Å². The second-order valence-electron chi connectivity index (χ2n) is 6.38. The van der Waals surface area contributed by atoms with E-state index in [1.54, 1.807) is 24.4 Å². The van der Waals surface area contributed by atoms with Crippen LogP contribution in [0, 0.1) is 5.82 Å². The second-order valence-corrected chi connectivity index (χ2v) is 6.38. The van der Waals surface area contributed by atoms with Crippen LogP contribution in [0.3, 0.4) is 0 Å². The van der Waals surface area contributed by atoms with E-state index < -0.39 is 0 Å². The van der Waals surface area contributed by atoms with Crippen molar-refractivity contribution >= 4 is 5.91 Å². The van der Waals surface area contributed by atoms with Crippen LogP contribution in [-0.4, -0.2) is 34.9 Å². The third kappa shape index (κ3) is 4.45. The molecule has 1 aliphatic heterocycles. The average Bonchev–Trinajstić information content (AvgIpc) is 3.05. The Hall–Kier alpha value is -2.21. The van der Waals surface area contributed by atoms with Crippen molar-refractivity contribution in [1.82, 2.24) is 15.2 Å². The van der Waals surface area contributed by atoms with Crippen LogP contribution in [0.5, 0.6) is 0 Å². The summed E-state index contributed by atoms with van der Waals surface area (Å²) in [7, 11) is 0. The Morgan fingerprint density at radius 2 is 2.24 bits per heavy atom. The highest BCUT2D eigenvalue weighted by Gasteiger charge is 2.26. The summed E-state index contributed by atoms with van der Waals surface area (Å²) in [5, 5.41) is 2.86. The van der Waals surface area contributed by atoms with Gasteiger partial charge in [0.25, 0.3) is 0 Å². The van der Waals surface area contributed by atoms with Gasteiger partial charge in [-0.2, -0.15) is 0 Å². The van der Waals surface area contributed by atoms with Gasteiger partial charge in [-0.3, -0.25) is 9.69 Å². The normalized spacial score (nSPS) is 18.2. The standard InChI is InChI=1S/C19H24FN3O2/c1-2-21-18(24)11-14-7-5-6-10-23(14)13-19-22-12-17(25-19)15-8-3-4-9-16(15)20/h3-4,8-9,12,14H,2,5-7,10-11,13H2,1H3,(H,21,24). The Labute approximate surface area is 147 Å². The molecule has 0 aliphatic carbocycles. The van der Waals surface area contributed by atoms with E-state index in [4.69, 9.17) is 4.42 Å². The fourth-order valence-electron chi connectivity index (χ4n) is 3.33. The van der Waals surface area contributed by atoms with Crippen LogP contribution in [0.25, 0.3) is 11.3 Å². The zero-order valence-electron chi connectivity index (χ0n) is 14.5. The number of rotatable bonds is 6. The van der Waals surface area contributed by atoms with E-state index in [0.717, 1.165) is 25.8 Å². The smallest absolute Gasteiger partial charge is 0.221 e. The topological polar surface area (TPSA) is 58.4 Å². The molecule has 1 amide bonds. The molecule has 1 aromatic heterocycles. The van der Waals surface area contributed by atoms with E-state index in [9.17, 15) is 9.18 Å². The van der Waals surface area contributed by atoms with E-state index >= 15 is 0 Å². The first-order chi connectivity index (χ1) is 12.2.